The molecule has 0 aliphatic carbocycles. The standard InChI is InChI=1S/C30H26F3NO5S/c1-3-40(36,37)25-14-12-21(13-15-25)18-28(35)34-27-17-16-26(22-8-5-4-6-9-22)29(20(27)2)38-23-10-7-11-24(19-23)39-30(31,32)33/h4-17,19H,3,18H2,1-2H3,(H,34,35). The number of nitrogens with one attached hydrogen (secondary N) is 1. The Hall–Kier alpha value is -4.31. The van der Waals surface area contributed by atoms with E-state index in [1.54, 1.807) is 38.1 Å². The molecule has 0 bridgehead atoms. The van der Waals surface area contributed by atoms with Crippen LogP contribution in [0.25, 0.3) is 11.1 Å². The Balaban J connectivity index is 1.61. The van der Waals surface area contributed by atoms with Crippen molar-refractivity contribution in [2.75, 3.05) is 11.1 Å². The molecule has 1 amide bonds. The third-order valence-electron chi connectivity index (χ3n) is 6.05. The van der Waals surface area contributed by atoms with E-state index in [4.69, 9.17) is 4.74 Å². The topological polar surface area (TPSA) is 81.7 Å². The first-order chi connectivity index (χ1) is 18.9. The maximum atomic E-state index is 12.9. The van der Waals surface area contributed by atoms with Crippen LogP contribution in [0.2, 0.25) is 0 Å². The number of hydrogen-bond donors (Lipinski definition) is 1. The van der Waals surface area contributed by atoms with E-state index in [1.165, 1.54) is 30.3 Å². The van der Waals surface area contributed by atoms with Crippen LogP contribution in [0.15, 0.2) is 95.9 Å². The average molecular weight is 570 g/mol. The maximum absolute atomic E-state index is 12.9. The van der Waals surface area contributed by atoms with Crippen LogP contribution < -0.4 is 14.8 Å². The van der Waals surface area contributed by atoms with Crippen LogP contribution in [0, 0.1) is 6.92 Å². The van der Waals surface area contributed by atoms with Crippen LogP contribution in [-0.2, 0) is 21.1 Å². The van der Waals surface area contributed by atoms with E-state index in [0.717, 1.165) is 11.6 Å². The van der Waals surface area contributed by atoms with Crippen molar-refractivity contribution in [2.45, 2.75) is 31.5 Å². The highest BCUT2D eigenvalue weighted by atomic mass is 32.2. The fraction of sp³-hybridized carbons (Fsp3) is 0.167. The summed E-state index contributed by atoms with van der Waals surface area (Å²) in [6, 6.07) is 24.1. The molecule has 40 heavy (non-hydrogen) atoms. The van der Waals surface area contributed by atoms with Crippen molar-refractivity contribution in [2.24, 2.45) is 0 Å². The van der Waals surface area contributed by atoms with Gasteiger partial charge in [0.05, 0.1) is 17.1 Å². The van der Waals surface area contributed by atoms with E-state index in [9.17, 15) is 26.4 Å². The summed E-state index contributed by atoms with van der Waals surface area (Å²) in [6.07, 6.45) is -4.85. The average Bonchev–Trinajstić information content (AvgIpc) is 2.91. The van der Waals surface area contributed by atoms with Gasteiger partial charge in [0.1, 0.15) is 17.2 Å². The van der Waals surface area contributed by atoms with Crippen molar-refractivity contribution in [3.05, 3.63) is 102 Å². The number of sulfone groups is 1. The SMILES string of the molecule is CCS(=O)(=O)c1ccc(CC(=O)Nc2ccc(-c3ccccc3)c(Oc3cccc(OC(F)(F)F)c3)c2C)cc1. The molecule has 0 spiro atoms. The van der Waals surface area contributed by atoms with Gasteiger partial charge in [-0.05, 0) is 54.4 Å². The van der Waals surface area contributed by atoms with Gasteiger partial charge in [-0.3, -0.25) is 4.79 Å². The molecule has 0 heterocycles. The molecule has 0 aromatic heterocycles. The van der Waals surface area contributed by atoms with Crippen molar-refractivity contribution >= 4 is 21.4 Å². The summed E-state index contributed by atoms with van der Waals surface area (Å²) >= 11 is 0. The second-order valence-electron chi connectivity index (χ2n) is 8.88. The van der Waals surface area contributed by atoms with Crippen LogP contribution in [0.1, 0.15) is 18.1 Å². The van der Waals surface area contributed by atoms with Crippen molar-refractivity contribution in [3.63, 3.8) is 0 Å². The molecule has 0 saturated carbocycles. The lowest BCUT2D eigenvalue weighted by Crippen LogP contribution is -2.17. The first-order valence-corrected chi connectivity index (χ1v) is 13.9. The van der Waals surface area contributed by atoms with Gasteiger partial charge in [0.15, 0.2) is 9.84 Å². The molecule has 4 aromatic carbocycles. The number of ether oxygens (including phenoxy) is 2. The van der Waals surface area contributed by atoms with E-state index < -0.39 is 21.9 Å². The van der Waals surface area contributed by atoms with Crippen LogP contribution in [-0.4, -0.2) is 26.4 Å². The van der Waals surface area contributed by atoms with E-state index in [1.807, 2.05) is 30.3 Å². The van der Waals surface area contributed by atoms with E-state index in [2.05, 4.69) is 10.1 Å². The third kappa shape index (κ3) is 7.20. The Morgan fingerprint density at radius 2 is 1.55 bits per heavy atom. The van der Waals surface area contributed by atoms with Gasteiger partial charge >= 0.3 is 6.36 Å². The molecule has 0 aliphatic heterocycles. The molecule has 0 unspecified atom stereocenters. The minimum Gasteiger partial charge on any atom is -0.456 e. The fourth-order valence-electron chi connectivity index (χ4n) is 4.02. The second kappa shape index (κ2) is 11.8. The predicted molar refractivity (Wildman–Crippen MR) is 146 cm³/mol. The zero-order chi connectivity index (χ0) is 28.9. The number of carbonyl (C=O) groups is 1. The quantitative estimate of drug-likeness (QED) is 0.228. The van der Waals surface area contributed by atoms with Gasteiger partial charge in [0.2, 0.25) is 5.91 Å². The Bertz CT molecular complexity index is 1600. The summed E-state index contributed by atoms with van der Waals surface area (Å²) in [4.78, 5) is 13.1. The molecular weight excluding hydrogens is 543 g/mol. The first kappa shape index (κ1) is 28.7. The summed E-state index contributed by atoms with van der Waals surface area (Å²) in [7, 11) is -3.35. The van der Waals surface area contributed by atoms with E-state index in [0.29, 0.717) is 28.1 Å². The van der Waals surface area contributed by atoms with Gasteiger partial charge in [-0.2, -0.15) is 0 Å². The van der Waals surface area contributed by atoms with Crippen molar-refractivity contribution in [1.29, 1.82) is 0 Å². The Morgan fingerprint density at radius 1 is 0.875 bits per heavy atom. The zero-order valence-electron chi connectivity index (χ0n) is 21.7. The maximum Gasteiger partial charge on any atom is 0.573 e. The number of amides is 1. The highest BCUT2D eigenvalue weighted by molar-refractivity contribution is 7.91. The number of alkyl halides is 3. The molecular formula is C30H26F3NO5S. The Kier molecular flexibility index (Phi) is 8.49. The van der Waals surface area contributed by atoms with Gasteiger partial charge < -0.3 is 14.8 Å². The van der Waals surface area contributed by atoms with Gasteiger partial charge in [-0.15, -0.1) is 13.2 Å². The number of carbonyl (C=O) groups excluding carboxylic acids is 1. The summed E-state index contributed by atoms with van der Waals surface area (Å²) < 4.78 is 72.4. The lowest BCUT2D eigenvalue weighted by molar-refractivity contribution is -0.274. The minimum atomic E-state index is -4.85. The largest absolute Gasteiger partial charge is 0.573 e. The van der Waals surface area contributed by atoms with E-state index >= 15 is 0 Å². The molecule has 0 fully saturated rings. The number of benzene rings is 4. The van der Waals surface area contributed by atoms with Crippen LogP contribution in [0.5, 0.6) is 17.2 Å². The molecule has 6 nitrogen and oxygen atoms in total. The lowest BCUT2D eigenvalue weighted by atomic mass is 10.00. The Morgan fingerprint density at radius 3 is 2.20 bits per heavy atom. The molecule has 0 atom stereocenters. The summed E-state index contributed by atoms with van der Waals surface area (Å²) in [5.74, 6) is -0.316. The predicted octanol–water partition coefficient (Wildman–Crippen LogP) is 7.33. The molecule has 10 heteroatoms. The number of hydrogen-bond acceptors (Lipinski definition) is 5. The minimum absolute atomic E-state index is 0.000649. The van der Waals surface area contributed by atoms with Crippen molar-refractivity contribution in [1.82, 2.24) is 0 Å². The van der Waals surface area contributed by atoms with E-state index in [-0.39, 0.29) is 28.7 Å². The van der Waals surface area contributed by atoms with Crippen LogP contribution >= 0.6 is 0 Å². The van der Waals surface area contributed by atoms with Crippen LogP contribution in [0.3, 0.4) is 0 Å². The molecule has 1 N–H and O–H groups in total. The smallest absolute Gasteiger partial charge is 0.456 e. The number of halogens is 3. The number of rotatable bonds is 9. The molecule has 0 radical (unpaired) electrons. The molecule has 4 aromatic rings. The van der Waals surface area contributed by atoms with Gasteiger partial charge in [-0.25, -0.2) is 8.42 Å². The summed E-state index contributed by atoms with van der Waals surface area (Å²) in [5.41, 5.74) is 3.12. The lowest BCUT2D eigenvalue weighted by Gasteiger charge is -2.18. The molecule has 208 valence electrons. The van der Waals surface area contributed by atoms with Gasteiger partial charge in [0, 0.05) is 22.9 Å². The second-order valence-corrected chi connectivity index (χ2v) is 11.2. The molecule has 0 saturated heterocycles. The monoisotopic (exact) mass is 569 g/mol. The molecule has 4 rings (SSSR count). The first-order valence-electron chi connectivity index (χ1n) is 12.3. The zero-order valence-corrected chi connectivity index (χ0v) is 22.5. The Labute approximate surface area is 230 Å². The van der Waals surface area contributed by atoms with Gasteiger partial charge in [-0.1, -0.05) is 55.5 Å². The highest BCUT2D eigenvalue weighted by Gasteiger charge is 2.31. The van der Waals surface area contributed by atoms with Gasteiger partial charge in [0.25, 0.3) is 0 Å². The van der Waals surface area contributed by atoms with Crippen molar-refractivity contribution < 1.29 is 35.9 Å². The normalized spacial score (nSPS) is 11.6. The van der Waals surface area contributed by atoms with Crippen LogP contribution in [0.4, 0.5) is 18.9 Å². The fourth-order valence-corrected chi connectivity index (χ4v) is 4.90. The highest BCUT2D eigenvalue weighted by Crippen LogP contribution is 2.40. The number of anilines is 1. The third-order valence-corrected chi connectivity index (χ3v) is 7.80. The van der Waals surface area contributed by atoms with Crippen molar-refractivity contribution in [3.8, 4) is 28.4 Å². The summed E-state index contributed by atoms with van der Waals surface area (Å²) in [5, 5.41) is 2.85. The molecule has 0 aliphatic rings. The summed E-state index contributed by atoms with van der Waals surface area (Å²) in [6.45, 7) is 3.30.